The third-order valence-corrected chi connectivity index (χ3v) is 5.52. The van der Waals surface area contributed by atoms with Crippen LogP contribution in [0.1, 0.15) is 29.2 Å². The second kappa shape index (κ2) is 7.75. The Morgan fingerprint density at radius 2 is 2.03 bits per heavy atom. The fourth-order valence-corrected chi connectivity index (χ4v) is 3.79. The van der Waals surface area contributed by atoms with Crippen LogP contribution in [0.25, 0.3) is 22.2 Å². The van der Waals surface area contributed by atoms with Gasteiger partial charge in [-0.2, -0.15) is 5.10 Å². The topological polar surface area (TPSA) is 78.8 Å². The fourth-order valence-electron chi connectivity index (χ4n) is 3.79. The lowest BCUT2D eigenvalue weighted by Gasteiger charge is -2.23. The van der Waals surface area contributed by atoms with Crippen molar-refractivity contribution in [1.82, 2.24) is 30.0 Å². The second-order valence-electron chi connectivity index (χ2n) is 7.72. The monoisotopic (exact) mass is 420 g/mol. The number of fused-ring (bicyclic) bond motifs is 1. The number of aromatic amines is 1. The zero-order chi connectivity index (χ0) is 21.5. The van der Waals surface area contributed by atoms with Gasteiger partial charge in [0, 0.05) is 18.0 Å². The van der Waals surface area contributed by atoms with Crippen molar-refractivity contribution in [3.05, 3.63) is 35.7 Å². The van der Waals surface area contributed by atoms with Gasteiger partial charge in [-0.1, -0.05) is 0 Å². The summed E-state index contributed by atoms with van der Waals surface area (Å²) < 4.78 is 44.8. The predicted octanol–water partition coefficient (Wildman–Crippen LogP) is 2.87. The van der Waals surface area contributed by atoms with Crippen LogP contribution in [0.3, 0.4) is 0 Å². The van der Waals surface area contributed by atoms with E-state index in [1.807, 2.05) is 6.92 Å². The lowest BCUT2D eigenvalue weighted by Crippen LogP contribution is -2.44. The molecule has 1 amide bonds. The van der Waals surface area contributed by atoms with Crippen molar-refractivity contribution in [2.75, 3.05) is 26.2 Å². The van der Waals surface area contributed by atoms with Crippen molar-refractivity contribution in [1.29, 1.82) is 0 Å². The third kappa shape index (κ3) is 3.91. The molecule has 7 nitrogen and oxygen atoms in total. The molecular weight excluding hydrogens is 397 g/mol. The predicted molar refractivity (Wildman–Crippen MR) is 106 cm³/mol. The van der Waals surface area contributed by atoms with Crippen molar-refractivity contribution in [3.63, 3.8) is 0 Å². The van der Waals surface area contributed by atoms with Crippen molar-refractivity contribution in [2.24, 2.45) is 7.05 Å². The van der Waals surface area contributed by atoms with Crippen LogP contribution in [-0.2, 0) is 7.05 Å². The van der Waals surface area contributed by atoms with Gasteiger partial charge in [-0.25, -0.2) is 18.2 Å². The van der Waals surface area contributed by atoms with Gasteiger partial charge in [0.05, 0.1) is 25.0 Å². The summed E-state index contributed by atoms with van der Waals surface area (Å²) in [5, 5.41) is 8.83. The highest BCUT2D eigenvalue weighted by Crippen LogP contribution is 2.28. The van der Waals surface area contributed by atoms with Crippen LogP contribution in [0, 0.1) is 12.7 Å². The number of carbonyl (C=O) groups excluding carboxylic acids is 1. The molecule has 2 aromatic heterocycles. The van der Waals surface area contributed by atoms with E-state index in [0.717, 1.165) is 18.7 Å². The molecule has 1 aliphatic heterocycles. The number of benzene rings is 1. The summed E-state index contributed by atoms with van der Waals surface area (Å²) in [4.78, 5) is 18.4. The van der Waals surface area contributed by atoms with E-state index >= 15 is 0 Å². The van der Waals surface area contributed by atoms with E-state index in [1.54, 1.807) is 28.8 Å². The van der Waals surface area contributed by atoms with Crippen molar-refractivity contribution in [3.8, 4) is 11.3 Å². The number of H-pyrrole nitrogens is 1. The largest absolute Gasteiger partial charge is 0.345 e. The Morgan fingerprint density at radius 3 is 2.70 bits per heavy atom. The van der Waals surface area contributed by atoms with Crippen LogP contribution in [0.4, 0.5) is 13.2 Å². The van der Waals surface area contributed by atoms with Crippen LogP contribution in [0.5, 0.6) is 0 Å². The maximum atomic E-state index is 14.6. The minimum absolute atomic E-state index is 0.0478. The van der Waals surface area contributed by atoms with Gasteiger partial charge in [0.15, 0.2) is 5.69 Å². The number of carbonyl (C=O) groups is 1. The summed E-state index contributed by atoms with van der Waals surface area (Å²) in [5.74, 6) is -3.68. The van der Waals surface area contributed by atoms with Gasteiger partial charge in [0.1, 0.15) is 17.2 Å². The molecule has 3 heterocycles. The van der Waals surface area contributed by atoms with Crippen LogP contribution in [-0.4, -0.2) is 62.7 Å². The number of amides is 1. The zero-order valence-corrected chi connectivity index (χ0v) is 16.8. The Morgan fingerprint density at radius 1 is 1.30 bits per heavy atom. The molecule has 1 aliphatic rings. The molecule has 160 valence electrons. The van der Waals surface area contributed by atoms with Gasteiger partial charge in [-0.15, -0.1) is 0 Å². The quantitative estimate of drug-likeness (QED) is 0.643. The molecule has 1 aromatic carbocycles. The summed E-state index contributed by atoms with van der Waals surface area (Å²) in [6, 6.07) is 2.93. The molecule has 0 radical (unpaired) electrons. The smallest absolute Gasteiger partial charge is 0.277 e. The van der Waals surface area contributed by atoms with Gasteiger partial charge in [0.25, 0.3) is 11.8 Å². The minimum atomic E-state index is -3.06. The molecule has 1 fully saturated rings. The number of hydrogen-bond acceptors (Lipinski definition) is 4. The maximum absolute atomic E-state index is 14.6. The fraction of sp³-hybridized carbons (Fsp3) is 0.450. The summed E-state index contributed by atoms with van der Waals surface area (Å²) in [6.07, 6.45) is 3.42. The standard InChI is InChI=1S/C20H23F3N6O/c1-12-24-9-16(28(12)2)13-7-14-17(15(21)8-13)26-27-18(14)19(30)25-10-20(22,23)11-29-5-3-4-6-29/h7-9H,3-6,10-11H2,1-2H3,(H,25,30)(H,26,27). The highest BCUT2D eigenvalue weighted by atomic mass is 19.3. The Kier molecular flexibility index (Phi) is 5.27. The van der Waals surface area contributed by atoms with Gasteiger partial charge >= 0.3 is 0 Å². The van der Waals surface area contributed by atoms with E-state index < -0.39 is 30.7 Å². The number of aryl methyl sites for hydroxylation is 1. The van der Waals surface area contributed by atoms with E-state index in [9.17, 15) is 18.0 Å². The normalized spacial score (nSPS) is 15.2. The van der Waals surface area contributed by atoms with E-state index in [-0.39, 0.29) is 16.6 Å². The van der Waals surface area contributed by atoms with E-state index in [0.29, 0.717) is 24.3 Å². The van der Waals surface area contributed by atoms with Gasteiger partial charge in [-0.05, 0) is 45.0 Å². The Balaban J connectivity index is 1.56. The zero-order valence-electron chi connectivity index (χ0n) is 16.8. The highest BCUT2D eigenvalue weighted by molar-refractivity contribution is 6.05. The SMILES string of the molecule is Cc1ncc(-c2cc(F)c3[nH]nc(C(=O)NCC(F)(F)CN4CCCC4)c3c2)n1C. The number of aromatic nitrogens is 4. The Labute approximate surface area is 171 Å². The number of nitrogens with one attached hydrogen (secondary N) is 2. The first kappa shape index (κ1) is 20.4. The van der Waals surface area contributed by atoms with E-state index in [2.05, 4.69) is 20.5 Å². The number of imidazole rings is 1. The summed E-state index contributed by atoms with van der Waals surface area (Å²) in [7, 11) is 1.80. The molecular formula is C20H23F3N6O. The molecule has 1 saturated heterocycles. The highest BCUT2D eigenvalue weighted by Gasteiger charge is 2.33. The molecule has 0 spiro atoms. The van der Waals surface area contributed by atoms with E-state index in [1.165, 1.54) is 6.07 Å². The molecule has 0 unspecified atom stereocenters. The summed E-state index contributed by atoms with van der Waals surface area (Å²) in [6.45, 7) is 1.90. The Bertz CT molecular complexity index is 1080. The first-order valence-electron chi connectivity index (χ1n) is 9.80. The molecule has 3 aromatic rings. The molecule has 30 heavy (non-hydrogen) atoms. The molecule has 0 saturated carbocycles. The lowest BCUT2D eigenvalue weighted by atomic mass is 10.1. The third-order valence-electron chi connectivity index (χ3n) is 5.52. The molecule has 2 N–H and O–H groups in total. The van der Waals surface area contributed by atoms with Crippen LogP contribution >= 0.6 is 0 Å². The molecule has 0 atom stereocenters. The van der Waals surface area contributed by atoms with E-state index in [4.69, 9.17) is 0 Å². The van der Waals surface area contributed by atoms with Crippen LogP contribution in [0.15, 0.2) is 18.3 Å². The molecule has 0 aliphatic carbocycles. The van der Waals surface area contributed by atoms with Gasteiger partial charge in [-0.3, -0.25) is 14.8 Å². The summed E-state index contributed by atoms with van der Waals surface area (Å²) in [5.41, 5.74) is 1.10. The number of nitrogens with zero attached hydrogens (tertiary/aromatic N) is 4. The van der Waals surface area contributed by atoms with Crippen LogP contribution in [0.2, 0.25) is 0 Å². The lowest BCUT2D eigenvalue weighted by molar-refractivity contribution is -0.0243. The number of hydrogen-bond donors (Lipinski definition) is 2. The minimum Gasteiger partial charge on any atom is -0.345 e. The summed E-state index contributed by atoms with van der Waals surface area (Å²) >= 11 is 0. The van der Waals surface area contributed by atoms with Crippen molar-refractivity contribution in [2.45, 2.75) is 25.7 Å². The first-order chi connectivity index (χ1) is 14.2. The van der Waals surface area contributed by atoms with Crippen molar-refractivity contribution < 1.29 is 18.0 Å². The second-order valence-corrected chi connectivity index (χ2v) is 7.72. The average Bonchev–Trinajstić information content (AvgIpc) is 3.41. The van der Waals surface area contributed by atoms with Crippen LogP contribution < -0.4 is 5.32 Å². The van der Waals surface area contributed by atoms with Gasteiger partial charge in [0.2, 0.25) is 0 Å². The average molecular weight is 420 g/mol. The number of likely N-dealkylation sites (tertiary alicyclic amines) is 1. The molecule has 10 heteroatoms. The maximum Gasteiger partial charge on any atom is 0.277 e. The molecule has 0 bridgehead atoms. The first-order valence-corrected chi connectivity index (χ1v) is 9.80. The number of rotatable bonds is 6. The number of alkyl halides is 2. The van der Waals surface area contributed by atoms with Crippen molar-refractivity contribution >= 4 is 16.8 Å². The van der Waals surface area contributed by atoms with Gasteiger partial charge < -0.3 is 9.88 Å². The Hall–Kier alpha value is -2.88. The molecule has 4 rings (SSSR count). The number of halogens is 3.